The summed E-state index contributed by atoms with van der Waals surface area (Å²) in [5.74, 6) is -0.00703. The number of nitro groups is 1. The maximum atomic E-state index is 10.9. The molecular weight excluding hydrogens is 300 g/mol. The van der Waals surface area contributed by atoms with E-state index < -0.39 is 4.92 Å². The Morgan fingerprint density at radius 2 is 2.06 bits per heavy atom. The summed E-state index contributed by atoms with van der Waals surface area (Å²) < 4.78 is 0.565. The molecule has 1 atom stereocenters. The highest BCUT2D eigenvalue weighted by Crippen LogP contribution is 2.41. The molecule has 1 aliphatic rings. The fourth-order valence-corrected chi connectivity index (χ4v) is 3.03. The molecule has 1 aromatic carbocycles. The van der Waals surface area contributed by atoms with Crippen LogP contribution in [0.1, 0.15) is 37.3 Å². The molecular formula is C12H15BrN2O3. The van der Waals surface area contributed by atoms with Crippen LogP contribution >= 0.6 is 15.9 Å². The van der Waals surface area contributed by atoms with Gasteiger partial charge in [0, 0.05) is 22.1 Å². The Morgan fingerprint density at radius 1 is 1.44 bits per heavy atom. The number of benzene rings is 1. The molecule has 5 nitrogen and oxygen atoms in total. The van der Waals surface area contributed by atoms with Gasteiger partial charge in [0.05, 0.1) is 4.92 Å². The highest BCUT2D eigenvalue weighted by molar-refractivity contribution is 9.10. The molecule has 0 amide bonds. The van der Waals surface area contributed by atoms with E-state index >= 15 is 0 Å². The summed E-state index contributed by atoms with van der Waals surface area (Å²) in [6.45, 7) is 0. The first-order valence-electron chi connectivity index (χ1n) is 5.93. The second-order valence-electron chi connectivity index (χ2n) is 4.69. The fourth-order valence-electron chi connectivity index (χ4n) is 2.57. The first kappa shape index (κ1) is 13.3. The van der Waals surface area contributed by atoms with Crippen LogP contribution in [0.5, 0.6) is 5.75 Å². The Labute approximate surface area is 113 Å². The van der Waals surface area contributed by atoms with Crippen LogP contribution in [0, 0.1) is 16.0 Å². The van der Waals surface area contributed by atoms with Gasteiger partial charge in [-0.05, 0) is 24.8 Å². The number of hydrogen-bond acceptors (Lipinski definition) is 4. The molecule has 1 saturated carbocycles. The summed E-state index contributed by atoms with van der Waals surface area (Å²) in [4.78, 5) is 10.3. The third kappa shape index (κ3) is 2.49. The minimum absolute atomic E-state index is 0.296. The van der Waals surface area contributed by atoms with Gasteiger partial charge in [-0.1, -0.05) is 28.8 Å². The molecule has 0 heterocycles. The fraction of sp³-hybridized carbons (Fsp3) is 0.500. The van der Waals surface area contributed by atoms with Gasteiger partial charge in [0.15, 0.2) is 5.75 Å². The Hall–Kier alpha value is -1.14. The lowest BCUT2D eigenvalue weighted by Gasteiger charge is -2.20. The van der Waals surface area contributed by atoms with Gasteiger partial charge >= 0.3 is 5.69 Å². The number of hydrogen-bond donors (Lipinski definition) is 2. The van der Waals surface area contributed by atoms with Crippen LogP contribution < -0.4 is 5.73 Å². The van der Waals surface area contributed by atoms with Crippen LogP contribution in [0.15, 0.2) is 16.6 Å². The van der Waals surface area contributed by atoms with Crippen molar-refractivity contribution < 1.29 is 10.0 Å². The van der Waals surface area contributed by atoms with E-state index in [0.717, 1.165) is 25.7 Å². The van der Waals surface area contributed by atoms with E-state index in [1.54, 1.807) is 6.07 Å². The van der Waals surface area contributed by atoms with Crippen LogP contribution in [0.3, 0.4) is 0 Å². The summed E-state index contributed by atoms with van der Waals surface area (Å²) >= 11 is 3.22. The molecule has 1 aliphatic carbocycles. The van der Waals surface area contributed by atoms with Gasteiger partial charge in [0.2, 0.25) is 0 Å². The number of nitrogens with zero attached hydrogens (tertiary/aromatic N) is 1. The van der Waals surface area contributed by atoms with Gasteiger partial charge in [-0.2, -0.15) is 0 Å². The van der Waals surface area contributed by atoms with Crippen molar-refractivity contribution >= 4 is 21.6 Å². The van der Waals surface area contributed by atoms with Crippen LogP contribution in [0.25, 0.3) is 0 Å². The van der Waals surface area contributed by atoms with E-state index in [-0.39, 0.29) is 17.5 Å². The van der Waals surface area contributed by atoms with E-state index in [4.69, 9.17) is 5.73 Å². The van der Waals surface area contributed by atoms with Crippen molar-refractivity contribution in [1.82, 2.24) is 0 Å². The van der Waals surface area contributed by atoms with Crippen molar-refractivity contribution in [2.24, 2.45) is 11.7 Å². The average molecular weight is 315 g/mol. The maximum Gasteiger partial charge on any atom is 0.312 e. The normalized spacial score (nSPS) is 17.9. The number of aromatic hydroxyl groups is 1. The average Bonchev–Trinajstić information content (AvgIpc) is 2.84. The van der Waals surface area contributed by atoms with E-state index in [1.165, 1.54) is 6.07 Å². The molecule has 0 bridgehead atoms. The van der Waals surface area contributed by atoms with Crippen molar-refractivity contribution in [3.8, 4) is 5.75 Å². The standard InChI is InChI=1S/C12H15BrN2O3/c13-8-5-9(11(14)7-3-1-2-4-7)12(16)10(6-8)15(17)18/h5-7,11,16H,1-4,14H2/t11-/m0/s1. The van der Waals surface area contributed by atoms with E-state index in [1.807, 2.05) is 0 Å². The quantitative estimate of drug-likeness (QED) is 0.662. The Bertz CT molecular complexity index is 473. The summed E-state index contributed by atoms with van der Waals surface area (Å²) in [6.07, 6.45) is 4.30. The number of halogens is 1. The molecule has 0 saturated heterocycles. The molecule has 6 heteroatoms. The second-order valence-corrected chi connectivity index (χ2v) is 5.61. The zero-order valence-electron chi connectivity index (χ0n) is 9.80. The van der Waals surface area contributed by atoms with Crippen LogP contribution in [-0.2, 0) is 0 Å². The minimum atomic E-state index is -0.592. The Kier molecular flexibility index (Phi) is 3.87. The highest BCUT2D eigenvalue weighted by Gasteiger charge is 2.28. The molecule has 98 valence electrons. The van der Waals surface area contributed by atoms with Crippen molar-refractivity contribution in [1.29, 1.82) is 0 Å². The Morgan fingerprint density at radius 3 is 2.61 bits per heavy atom. The maximum absolute atomic E-state index is 10.9. The summed E-state index contributed by atoms with van der Waals surface area (Å²) in [5.41, 5.74) is 6.30. The van der Waals surface area contributed by atoms with Gasteiger partial charge in [-0.3, -0.25) is 10.1 Å². The molecule has 3 N–H and O–H groups in total. The monoisotopic (exact) mass is 314 g/mol. The number of phenols is 1. The lowest BCUT2D eigenvalue weighted by molar-refractivity contribution is -0.386. The van der Waals surface area contributed by atoms with Crippen molar-refractivity contribution in [3.63, 3.8) is 0 Å². The largest absolute Gasteiger partial charge is 0.502 e. The molecule has 0 unspecified atom stereocenters. The van der Waals surface area contributed by atoms with Crippen molar-refractivity contribution in [2.75, 3.05) is 0 Å². The molecule has 0 aromatic heterocycles. The molecule has 2 rings (SSSR count). The lowest BCUT2D eigenvalue weighted by atomic mass is 9.91. The van der Waals surface area contributed by atoms with Gasteiger partial charge in [-0.25, -0.2) is 0 Å². The van der Waals surface area contributed by atoms with Gasteiger partial charge in [0.25, 0.3) is 0 Å². The predicted octanol–water partition coefficient (Wildman–Crippen LogP) is 3.25. The summed E-state index contributed by atoms with van der Waals surface area (Å²) in [5, 5.41) is 20.8. The first-order valence-corrected chi connectivity index (χ1v) is 6.72. The third-order valence-corrected chi connectivity index (χ3v) is 4.01. The van der Waals surface area contributed by atoms with Gasteiger partial charge in [-0.15, -0.1) is 0 Å². The van der Waals surface area contributed by atoms with Crippen LogP contribution in [0.2, 0.25) is 0 Å². The van der Waals surface area contributed by atoms with Crippen molar-refractivity contribution in [3.05, 3.63) is 32.3 Å². The molecule has 1 aromatic rings. The van der Waals surface area contributed by atoms with Gasteiger partial charge in [0.1, 0.15) is 0 Å². The first-order chi connectivity index (χ1) is 8.50. The summed E-state index contributed by atoms with van der Waals surface area (Å²) in [6, 6.07) is 2.62. The zero-order chi connectivity index (χ0) is 13.3. The molecule has 1 fully saturated rings. The molecule has 0 radical (unpaired) electrons. The zero-order valence-corrected chi connectivity index (χ0v) is 11.4. The van der Waals surface area contributed by atoms with Crippen LogP contribution in [0.4, 0.5) is 5.69 Å². The topological polar surface area (TPSA) is 89.4 Å². The minimum Gasteiger partial charge on any atom is -0.502 e. The number of phenolic OH excluding ortho intramolecular Hbond substituents is 1. The second kappa shape index (κ2) is 5.24. The Balaban J connectivity index is 2.40. The van der Waals surface area contributed by atoms with Crippen LogP contribution in [-0.4, -0.2) is 10.0 Å². The molecule has 0 spiro atoms. The summed E-state index contributed by atoms with van der Waals surface area (Å²) in [7, 11) is 0. The van der Waals surface area contributed by atoms with Gasteiger partial charge < -0.3 is 10.8 Å². The SMILES string of the molecule is N[C@H](c1cc(Br)cc([N+](=O)[O-])c1O)C1CCCC1. The van der Waals surface area contributed by atoms with E-state index in [2.05, 4.69) is 15.9 Å². The number of rotatable bonds is 3. The van der Waals surface area contributed by atoms with E-state index in [9.17, 15) is 15.2 Å². The lowest BCUT2D eigenvalue weighted by Crippen LogP contribution is -2.19. The number of nitrogens with two attached hydrogens (primary N) is 1. The number of nitro benzene ring substituents is 1. The molecule has 0 aliphatic heterocycles. The van der Waals surface area contributed by atoms with E-state index in [0.29, 0.717) is 16.0 Å². The smallest absolute Gasteiger partial charge is 0.312 e. The predicted molar refractivity (Wildman–Crippen MR) is 71.3 cm³/mol. The molecule has 18 heavy (non-hydrogen) atoms. The van der Waals surface area contributed by atoms with Crippen molar-refractivity contribution in [2.45, 2.75) is 31.7 Å². The third-order valence-electron chi connectivity index (χ3n) is 3.55. The highest BCUT2D eigenvalue weighted by atomic mass is 79.9.